The molecule has 0 aliphatic rings. The third kappa shape index (κ3) is 11.9. The van der Waals surface area contributed by atoms with Gasteiger partial charge in [0.25, 0.3) is 0 Å². The standard InChI is InChI=1S/C30H44N4O8S/c1-19(2)13-14-31-27(35)17-24(34-43(39,40)22-11-9-21(5)10-12-22)29(37)33-25(18-41-6)30(38)32-23(16-20(3)4)28(36)26-8-7-15-42-26/h7-12,15,19-20,23-25,34H,13-14,16-18H2,1-6H3,(H,31,35)(H,32,38)(H,33,37)/t23-,24-,25-/m0/s1. The van der Waals surface area contributed by atoms with Gasteiger partial charge in [0, 0.05) is 13.7 Å². The van der Waals surface area contributed by atoms with Crippen LogP contribution >= 0.6 is 0 Å². The number of ether oxygens (including phenoxy) is 1. The molecule has 13 heteroatoms. The highest BCUT2D eigenvalue weighted by Crippen LogP contribution is 2.14. The second-order valence-electron chi connectivity index (χ2n) is 11.3. The van der Waals surface area contributed by atoms with E-state index in [1.807, 2.05) is 27.7 Å². The van der Waals surface area contributed by atoms with Gasteiger partial charge >= 0.3 is 0 Å². The number of carbonyl (C=O) groups is 4. The minimum Gasteiger partial charge on any atom is -0.461 e. The van der Waals surface area contributed by atoms with E-state index >= 15 is 0 Å². The highest BCUT2D eigenvalue weighted by Gasteiger charge is 2.33. The van der Waals surface area contributed by atoms with Crippen LogP contribution in [0, 0.1) is 18.8 Å². The Bertz CT molecular complexity index is 1310. The second kappa shape index (κ2) is 16.9. The van der Waals surface area contributed by atoms with Crippen LogP contribution < -0.4 is 20.7 Å². The minimum absolute atomic E-state index is 0.0365. The van der Waals surface area contributed by atoms with Crippen molar-refractivity contribution in [2.24, 2.45) is 11.8 Å². The third-order valence-corrected chi connectivity index (χ3v) is 7.94. The number of benzene rings is 1. The van der Waals surface area contributed by atoms with E-state index in [9.17, 15) is 27.6 Å². The SMILES string of the molecule is COC[C@H](NC(=O)[C@H](CC(=O)NCCC(C)C)NS(=O)(=O)c1ccc(C)cc1)C(=O)N[C@@H](CC(C)C)C(=O)c1ccco1. The molecular weight excluding hydrogens is 576 g/mol. The van der Waals surface area contributed by atoms with Crippen molar-refractivity contribution in [2.45, 2.75) is 76.9 Å². The topological polar surface area (TPSA) is 173 Å². The third-order valence-electron chi connectivity index (χ3n) is 6.45. The molecule has 12 nitrogen and oxygen atoms in total. The Morgan fingerprint density at radius 2 is 1.51 bits per heavy atom. The van der Waals surface area contributed by atoms with Gasteiger partial charge in [-0.15, -0.1) is 0 Å². The molecule has 0 unspecified atom stereocenters. The van der Waals surface area contributed by atoms with Crippen molar-refractivity contribution in [3.63, 3.8) is 0 Å². The Morgan fingerprint density at radius 1 is 0.884 bits per heavy atom. The van der Waals surface area contributed by atoms with Crippen LogP contribution in [0.5, 0.6) is 0 Å². The average molecular weight is 621 g/mol. The maximum atomic E-state index is 13.5. The molecule has 0 aliphatic heterocycles. The van der Waals surface area contributed by atoms with Crippen LogP contribution in [0.4, 0.5) is 0 Å². The fraction of sp³-hybridized carbons (Fsp3) is 0.533. The van der Waals surface area contributed by atoms with Crippen LogP contribution in [-0.4, -0.2) is 70.3 Å². The lowest BCUT2D eigenvalue weighted by Gasteiger charge is -2.25. The Kier molecular flexibility index (Phi) is 14.0. The van der Waals surface area contributed by atoms with Gasteiger partial charge in [-0.05, 0) is 55.9 Å². The number of Topliss-reactive ketones (excluding diaryl/α,β-unsaturated/α-hetero) is 1. The number of methoxy groups -OCH3 is 1. The molecule has 43 heavy (non-hydrogen) atoms. The molecule has 0 saturated heterocycles. The lowest BCUT2D eigenvalue weighted by Crippen LogP contribution is -2.57. The van der Waals surface area contributed by atoms with Crippen LogP contribution in [0.3, 0.4) is 0 Å². The first-order valence-corrected chi connectivity index (χ1v) is 15.7. The largest absolute Gasteiger partial charge is 0.461 e. The van der Waals surface area contributed by atoms with Gasteiger partial charge in [0.15, 0.2) is 5.76 Å². The van der Waals surface area contributed by atoms with Gasteiger partial charge in [0.2, 0.25) is 33.5 Å². The van der Waals surface area contributed by atoms with Crippen LogP contribution in [0.25, 0.3) is 0 Å². The molecule has 1 aromatic heterocycles. The second-order valence-corrected chi connectivity index (χ2v) is 13.0. The summed E-state index contributed by atoms with van der Waals surface area (Å²) >= 11 is 0. The monoisotopic (exact) mass is 620 g/mol. The molecule has 0 saturated carbocycles. The summed E-state index contributed by atoms with van der Waals surface area (Å²) in [6.07, 6.45) is 1.84. The van der Waals surface area contributed by atoms with Gasteiger partial charge in [-0.1, -0.05) is 45.4 Å². The van der Waals surface area contributed by atoms with Crippen LogP contribution in [0.15, 0.2) is 52.0 Å². The van der Waals surface area contributed by atoms with Crippen molar-refractivity contribution in [3.05, 3.63) is 54.0 Å². The molecule has 3 atom stereocenters. The van der Waals surface area contributed by atoms with Crippen LogP contribution in [0.2, 0.25) is 0 Å². The molecule has 0 bridgehead atoms. The molecular formula is C30H44N4O8S. The van der Waals surface area contributed by atoms with Crippen molar-refractivity contribution in [1.29, 1.82) is 0 Å². The maximum Gasteiger partial charge on any atom is 0.245 e. The lowest BCUT2D eigenvalue weighted by atomic mass is 9.98. The molecule has 1 aromatic carbocycles. The number of carbonyl (C=O) groups excluding carboxylic acids is 4. The lowest BCUT2D eigenvalue weighted by molar-refractivity contribution is -0.132. The zero-order valence-corrected chi connectivity index (χ0v) is 26.5. The van der Waals surface area contributed by atoms with E-state index in [1.165, 1.54) is 31.6 Å². The molecule has 1 heterocycles. The van der Waals surface area contributed by atoms with E-state index in [4.69, 9.17) is 9.15 Å². The van der Waals surface area contributed by atoms with Crippen molar-refractivity contribution in [3.8, 4) is 0 Å². The highest BCUT2D eigenvalue weighted by molar-refractivity contribution is 7.89. The maximum absolute atomic E-state index is 13.5. The summed E-state index contributed by atoms with van der Waals surface area (Å²) in [4.78, 5) is 52.4. The summed E-state index contributed by atoms with van der Waals surface area (Å²) in [6.45, 7) is 9.64. The van der Waals surface area contributed by atoms with E-state index in [1.54, 1.807) is 25.1 Å². The van der Waals surface area contributed by atoms with Gasteiger partial charge in [-0.25, -0.2) is 8.42 Å². The molecule has 3 amide bonds. The molecule has 2 aromatic rings. The molecule has 0 radical (unpaired) electrons. The first-order valence-electron chi connectivity index (χ1n) is 14.3. The Morgan fingerprint density at radius 3 is 2.07 bits per heavy atom. The minimum atomic E-state index is -4.22. The van der Waals surface area contributed by atoms with Gasteiger partial charge in [-0.3, -0.25) is 19.2 Å². The Hall–Kier alpha value is -3.55. The summed E-state index contributed by atoms with van der Waals surface area (Å²) < 4.78 is 39.0. The number of hydrogen-bond acceptors (Lipinski definition) is 8. The molecule has 0 spiro atoms. The number of aryl methyl sites for hydroxylation is 1. The van der Waals surface area contributed by atoms with Crippen molar-refractivity contribution in [1.82, 2.24) is 20.7 Å². The summed E-state index contributed by atoms with van der Waals surface area (Å²) in [5.74, 6) is -2.17. The van der Waals surface area contributed by atoms with Crippen molar-refractivity contribution < 1.29 is 36.7 Å². The van der Waals surface area contributed by atoms with E-state index in [-0.39, 0.29) is 23.2 Å². The predicted octanol–water partition coefficient (Wildman–Crippen LogP) is 2.33. The van der Waals surface area contributed by atoms with Crippen LogP contribution in [0.1, 0.15) is 63.1 Å². The fourth-order valence-electron chi connectivity index (χ4n) is 4.11. The number of nitrogens with one attached hydrogen (secondary N) is 4. The number of amides is 3. The fourth-order valence-corrected chi connectivity index (χ4v) is 5.30. The number of rotatable bonds is 18. The molecule has 2 rings (SSSR count). The zero-order valence-electron chi connectivity index (χ0n) is 25.6. The van der Waals surface area contributed by atoms with Gasteiger partial charge in [0.1, 0.15) is 12.1 Å². The van der Waals surface area contributed by atoms with Gasteiger partial charge in [0.05, 0.1) is 30.2 Å². The van der Waals surface area contributed by atoms with Gasteiger partial charge < -0.3 is 25.1 Å². The smallest absolute Gasteiger partial charge is 0.245 e. The normalized spacial score (nSPS) is 13.8. The number of furan rings is 1. The predicted molar refractivity (Wildman–Crippen MR) is 161 cm³/mol. The highest BCUT2D eigenvalue weighted by atomic mass is 32.2. The molecule has 4 N–H and O–H groups in total. The van der Waals surface area contributed by atoms with E-state index < -0.39 is 58.1 Å². The summed E-state index contributed by atoms with van der Waals surface area (Å²) in [5.41, 5.74) is 0.840. The number of hydrogen-bond donors (Lipinski definition) is 4. The Balaban J connectivity index is 2.27. The summed E-state index contributed by atoms with van der Waals surface area (Å²) in [6, 6.07) is 5.26. The number of sulfonamides is 1. The quantitative estimate of drug-likeness (QED) is 0.184. The van der Waals surface area contributed by atoms with Crippen molar-refractivity contribution >= 4 is 33.5 Å². The molecule has 0 aliphatic carbocycles. The first kappa shape index (κ1) is 35.6. The summed E-state index contributed by atoms with van der Waals surface area (Å²) in [5, 5.41) is 7.86. The molecule has 0 fully saturated rings. The van der Waals surface area contributed by atoms with E-state index in [0.717, 1.165) is 5.56 Å². The first-order chi connectivity index (χ1) is 20.2. The summed E-state index contributed by atoms with van der Waals surface area (Å²) in [7, 11) is -2.89. The number of ketones is 1. The van der Waals surface area contributed by atoms with E-state index in [0.29, 0.717) is 25.3 Å². The van der Waals surface area contributed by atoms with E-state index in [2.05, 4.69) is 20.7 Å². The van der Waals surface area contributed by atoms with Gasteiger partial charge in [-0.2, -0.15) is 4.72 Å². The molecule has 238 valence electrons. The van der Waals surface area contributed by atoms with Crippen LogP contribution in [-0.2, 0) is 29.1 Å². The van der Waals surface area contributed by atoms with Crippen molar-refractivity contribution in [2.75, 3.05) is 20.3 Å². The average Bonchev–Trinajstić information content (AvgIpc) is 3.46. The Labute approximate surface area is 253 Å². The zero-order chi connectivity index (χ0) is 32.2.